The van der Waals surface area contributed by atoms with E-state index in [1.54, 1.807) is 36.4 Å². The Bertz CT molecular complexity index is 1210. The van der Waals surface area contributed by atoms with Gasteiger partial charge in [-0.2, -0.15) is 0 Å². The molecule has 0 aliphatic heterocycles. The first-order valence-corrected chi connectivity index (χ1v) is 12.3. The summed E-state index contributed by atoms with van der Waals surface area (Å²) in [6.45, 7) is 0.817. The molecule has 0 unspecified atom stereocenters. The number of aliphatic carboxylic acids is 1. The molecule has 3 aromatic carbocycles. The van der Waals surface area contributed by atoms with Crippen molar-refractivity contribution in [1.82, 2.24) is 0 Å². The molecule has 2 N–H and O–H groups in total. The Morgan fingerprint density at radius 1 is 0.711 bits per heavy atom. The number of halogens is 1. The van der Waals surface area contributed by atoms with Crippen molar-refractivity contribution >= 4 is 35.5 Å². The van der Waals surface area contributed by atoms with Gasteiger partial charge in [0.25, 0.3) is 0 Å². The van der Waals surface area contributed by atoms with E-state index in [0.29, 0.717) is 6.54 Å². The van der Waals surface area contributed by atoms with E-state index in [4.69, 9.17) is 25.8 Å². The molecule has 0 saturated heterocycles. The molecule has 0 spiro atoms. The third-order valence-electron chi connectivity index (χ3n) is 5.33. The van der Waals surface area contributed by atoms with Gasteiger partial charge in [0.2, 0.25) is 6.10 Å². The lowest BCUT2D eigenvalue weighted by Crippen LogP contribution is -2.85. The van der Waals surface area contributed by atoms with Gasteiger partial charge in [0.1, 0.15) is 13.1 Å². The molecule has 0 bridgehead atoms. The van der Waals surface area contributed by atoms with Crippen molar-refractivity contribution in [3.8, 4) is 0 Å². The van der Waals surface area contributed by atoms with Gasteiger partial charge in [0.15, 0.2) is 12.2 Å². The topological polar surface area (TPSA) is 136 Å². The lowest BCUT2D eigenvalue weighted by molar-refractivity contribution is -0.675. The number of carboxylic acid groups (broad SMARTS) is 1. The molecular weight excluding hydrogens is 514 g/mol. The Hall–Kier alpha value is -4.21. The van der Waals surface area contributed by atoms with E-state index in [-0.39, 0.29) is 23.6 Å². The quantitative estimate of drug-likeness (QED) is 0.194. The molecule has 0 radical (unpaired) electrons. The Balaban J connectivity index is 1.77. The van der Waals surface area contributed by atoms with E-state index < -0.39 is 42.2 Å². The standard InChI is InChI=1S/C28H26ClNO8/c29-16-22(18-30-17-19-10-4-1-5-11-19)36-28(35)24(38-27(34)21-14-8-3-9-15-21)23(25(31)32)37-26(33)20-12-6-2-7-13-20/h1-15,22-24,30H,16-18H2,(H,31,32)/t22-,23-,24-/m0/s1. The van der Waals surface area contributed by atoms with Crippen molar-refractivity contribution in [1.29, 1.82) is 0 Å². The number of alkyl halides is 1. The predicted octanol–water partition coefficient (Wildman–Crippen LogP) is 1.10. The number of benzene rings is 3. The average Bonchev–Trinajstić information content (AvgIpc) is 2.95. The SMILES string of the molecule is O=C(O[C@H](C(=O)[O-])[C@H](OC(=O)c1ccccc1)C(=O)O[C@@H](CCl)C[NH2+]Cc1ccccc1)c1ccccc1. The summed E-state index contributed by atoms with van der Waals surface area (Å²) < 4.78 is 15.7. The van der Waals surface area contributed by atoms with Gasteiger partial charge in [-0.05, 0) is 24.3 Å². The fourth-order valence-electron chi connectivity index (χ4n) is 3.41. The highest BCUT2D eigenvalue weighted by Gasteiger charge is 2.39. The smallest absolute Gasteiger partial charge is 0.352 e. The maximum atomic E-state index is 13.1. The number of hydrogen-bond donors (Lipinski definition) is 1. The number of esters is 3. The number of rotatable bonds is 13. The van der Waals surface area contributed by atoms with Crippen LogP contribution in [-0.2, 0) is 30.3 Å². The van der Waals surface area contributed by atoms with E-state index in [9.17, 15) is 24.3 Å². The first-order valence-electron chi connectivity index (χ1n) is 11.7. The molecule has 0 heterocycles. The first kappa shape index (κ1) is 28.4. The van der Waals surface area contributed by atoms with Crippen molar-refractivity contribution in [3.05, 3.63) is 108 Å². The van der Waals surface area contributed by atoms with Gasteiger partial charge in [0.05, 0.1) is 23.0 Å². The van der Waals surface area contributed by atoms with Crippen molar-refractivity contribution < 1.29 is 43.8 Å². The summed E-state index contributed by atoms with van der Waals surface area (Å²) in [5, 5.41) is 13.8. The predicted molar refractivity (Wildman–Crippen MR) is 134 cm³/mol. The fraction of sp³-hybridized carbons (Fsp3) is 0.214. The largest absolute Gasteiger partial charge is 0.546 e. The number of carbonyl (C=O) groups is 4. The number of nitrogens with two attached hydrogens (primary N) is 1. The van der Waals surface area contributed by atoms with Crippen LogP contribution in [0.15, 0.2) is 91.0 Å². The summed E-state index contributed by atoms with van der Waals surface area (Å²) in [5.41, 5.74) is 1.10. The Morgan fingerprint density at radius 3 is 1.66 bits per heavy atom. The van der Waals surface area contributed by atoms with E-state index in [0.717, 1.165) is 5.56 Å². The summed E-state index contributed by atoms with van der Waals surface area (Å²) in [4.78, 5) is 50.4. The van der Waals surface area contributed by atoms with Gasteiger partial charge in [-0.15, -0.1) is 11.6 Å². The normalized spacial score (nSPS) is 13.0. The number of ether oxygens (including phenoxy) is 3. The summed E-state index contributed by atoms with van der Waals surface area (Å²) in [6, 6.07) is 24.7. The second-order valence-corrected chi connectivity index (χ2v) is 8.44. The molecule has 38 heavy (non-hydrogen) atoms. The number of quaternary nitrogens is 1. The zero-order chi connectivity index (χ0) is 27.3. The van der Waals surface area contributed by atoms with Crippen LogP contribution in [0.1, 0.15) is 26.3 Å². The molecule has 0 amide bonds. The maximum absolute atomic E-state index is 13.1. The number of hydrogen-bond acceptors (Lipinski definition) is 8. The molecule has 0 aliphatic carbocycles. The Kier molecular flexibility index (Phi) is 10.8. The summed E-state index contributed by atoms with van der Waals surface area (Å²) in [6.07, 6.45) is -5.30. The second kappa shape index (κ2) is 14.5. The van der Waals surface area contributed by atoms with Crippen LogP contribution in [0.25, 0.3) is 0 Å². The van der Waals surface area contributed by atoms with Crippen LogP contribution in [0, 0.1) is 0 Å². The fourth-order valence-corrected chi connectivity index (χ4v) is 3.60. The minimum Gasteiger partial charge on any atom is -0.546 e. The third kappa shape index (κ3) is 8.43. The van der Waals surface area contributed by atoms with Crippen LogP contribution in [0.5, 0.6) is 0 Å². The highest BCUT2D eigenvalue weighted by atomic mass is 35.5. The van der Waals surface area contributed by atoms with Crippen LogP contribution in [0.4, 0.5) is 0 Å². The zero-order valence-electron chi connectivity index (χ0n) is 20.2. The molecule has 198 valence electrons. The lowest BCUT2D eigenvalue weighted by Gasteiger charge is -2.27. The number of carboxylic acids is 1. The molecule has 9 nitrogen and oxygen atoms in total. The van der Waals surface area contributed by atoms with Crippen LogP contribution in [-0.4, -0.2) is 54.6 Å². The van der Waals surface area contributed by atoms with Crippen molar-refractivity contribution in [3.63, 3.8) is 0 Å². The van der Waals surface area contributed by atoms with Crippen LogP contribution >= 0.6 is 11.6 Å². The molecule has 3 aromatic rings. The van der Waals surface area contributed by atoms with Crippen molar-refractivity contribution in [2.75, 3.05) is 12.4 Å². The Labute approximate surface area is 224 Å². The molecule has 10 heteroatoms. The molecule has 3 rings (SSSR count). The van der Waals surface area contributed by atoms with Gasteiger partial charge in [-0.25, -0.2) is 14.4 Å². The molecule has 0 fully saturated rings. The van der Waals surface area contributed by atoms with Crippen molar-refractivity contribution in [2.45, 2.75) is 24.9 Å². The Morgan fingerprint density at radius 2 is 1.18 bits per heavy atom. The second-order valence-electron chi connectivity index (χ2n) is 8.13. The first-order chi connectivity index (χ1) is 18.4. The van der Waals surface area contributed by atoms with Crippen LogP contribution < -0.4 is 10.4 Å². The third-order valence-corrected chi connectivity index (χ3v) is 5.68. The monoisotopic (exact) mass is 539 g/mol. The van der Waals surface area contributed by atoms with Gasteiger partial charge >= 0.3 is 17.9 Å². The van der Waals surface area contributed by atoms with E-state index in [1.165, 1.54) is 24.3 Å². The molecule has 0 aromatic heterocycles. The lowest BCUT2D eigenvalue weighted by atomic mass is 10.1. The van der Waals surface area contributed by atoms with E-state index in [2.05, 4.69) is 0 Å². The number of carbonyl (C=O) groups excluding carboxylic acids is 4. The molecule has 3 atom stereocenters. The summed E-state index contributed by atoms with van der Waals surface area (Å²) >= 11 is 5.99. The summed E-state index contributed by atoms with van der Waals surface area (Å²) in [7, 11) is 0. The molecular formula is C28H26ClNO8. The molecule has 0 saturated carbocycles. The van der Waals surface area contributed by atoms with Gasteiger partial charge < -0.3 is 29.4 Å². The van der Waals surface area contributed by atoms with Gasteiger partial charge in [0, 0.05) is 5.56 Å². The molecule has 0 aliphatic rings. The zero-order valence-corrected chi connectivity index (χ0v) is 21.0. The van der Waals surface area contributed by atoms with Crippen LogP contribution in [0.2, 0.25) is 0 Å². The van der Waals surface area contributed by atoms with E-state index in [1.807, 2.05) is 35.6 Å². The minimum absolute atomic E-state index is 0.0226. The van der Waals surface area contributed by atoms with Crippen LogP contribution in [0.3, 0.4) is 0 Å². The van der Waals surface area contributed by atoms with E-state index >= 15 is 0 Å². The average molecular weight is 540 g/mol. The van der Waals surface area contributed by atoms with Gasteiger partial charge in [-0.1, -0.05) is 66.7 Å². The highest BCUT2D eigenvalue weighted by Crippen LogP contribution is 2.15. The summed E-state index contributed by atoms with van der Waals surface area (Å²) in [5.74, 6) is -5.39. The van der Waals surface area contributed by atoms with Crippen molar-refractivity contribution in [2.24, 2.45) is 0 Å². The van der Waals surface area contributed by atoms with Gasteiger partial charge in [-0.3, -0.25) is 0 Å². The highest BCUT2D eigenvalue weighted by molar-refractivity contribution is 6.18. The maximum Gasteiger partial charge on any atom is 0.352 e. The minimum atomic E-state index is -2.29.